The van der Waals surface area contributed by atoms with E-state index in [4.69, 9.17) is 0 Å². The number of nitrogens with zero attached hydrogens (tertiary/aromatic N) is 3. The maximum absolute atomic E-state index is 13.0. The van der Waals surface area contributed by atoms with Crippen LogP contribution in [0.3, 0.4) is 0 Å². The molecule has 0 radical (unpaired) electrons. The molecule has 23 heavy (non-hydrogen) atoms. The molecule has 4 heterocycles. The average molecular weight is 335 g/mol. The first-order valence-corrected chi connectivity index (χ1v) is 9.47. The van der Waals surface area contributed by atoms with Gasteiger partial charge in [-0.05, 0) is 18.6 Å². The Hall–Kier alpha value is -1.48. The van der Waals surface area contributed by atoms with Crippen LogP contribution in [0, 0.1) is 0 Å². The molecule has 4 rings (SSSR count). The molecule has 2 N–H and O–H groups in total. The number of H-pyrrole nitrogens is 1. The second kappa shape index (κ2) is 5.86. The smallest absolute Gasteiger partial charge is 0.245 e. The van der Waals surface area contributed by atoms with Gasteiger partial charge in [-0.1, -0.05) is 0 Å². The average Bonchev–Trinajstić information content (AvgIpc) is 3.23. The van der Waals surface area contributed by atoms with E-state index in [1.165, 1.54) is 0 Å². The van der Waals surface area contributed by atoms with Gasteiger partial charge in [0.15, 0.2) is 0 Å². The van der Waals surface area contributed by atoms with Crippen molar-refractivity contribution in [2.75, 3.05) is 39.3 Å². The van der Waals surface area contributed by atoms with Gasteiger partial charge in [-0.3, -0.25) is 4.90 Å². The van der Waals surface area contributed by atoms with Crippen LogP contribution in [0.15, 0.2) is 29.4 Å². The molecule has 0 aromatic carbocycles. The largest absolute Gasteiger partial charge is 0.345 e. The van der Waals surface area contributed by atoms with E-state index in [9.17, 15) is 8.42 Å². The van der Waals surface area contributed by atoms with E-state index in [1.54, 1.807) is 28.8 Å². The summed E-state index contributed by atoms with van der Waals surface area (Å²) in [4.78, 5) is 9.87. The quantitative estimate of drug-likeness (QED) is 0.839. The predicted octanol–water partition coefficient (Wildman–Crippen LogP) is 0.231. The first kappa shape index (κ1) is 15.1. The van der Waals surface area contributed by atoms with Gasteiger partial charge in [0.2, 0.25) is 10.0 Å². The van der Waals surface area contributed by atoms with Crippen molar-refractivity contribution in [2.24, 2.45) is 0 Å². The van der Waals surface area contributed by atoms with Gasteiger partial charge >= 0.3 is 0 Å². The Morgan fingerprint density at radius 1 is 1.22 bits per heavy atom. The summed E-state index contributed by atoms with van der Waals surface area (Å²) in [6, 6.07) is 3.90. The molecule has 124 valence electrons. The van der Waals surface area contributed by atoms with Gasteiger partial charge in [-0.2, -0.15) is 4.31 Å². The SMILES string of the molecule is O=S(=O)(c1c[nH]c2ncccc12)N1CCC(N2CCNCC2)C1. The van der Waals surface area contributed by atoms with E-state index in [1.807, 2.05) is 0 Å². The van der Waals surface area contributed by atoms with Gasteiger partial charge in [0, 0.05) is 63.1 Å². The number of rotatable bonds is 3. The minimum Gasteiger partial charge on any atom is -0.345 e. The lowest BCUT2D eigenvalue weighted by molar-refractivity contribution is 0.179. The summed E-state index contributed by atoms with van der Waals surface area (Å²) in [6.45, 7) is 5.12. The Labute approximate surface area is 135 Å². The van der Waals surface area contributed by atoms with Crippen molar-refractivity contribution < 1.29 is 8.42 Å². The normalized spacial score (nSPS) is 24.4. The third kappa shape index (κ3) is 2.65. The summed E-state index contributed by atoms with van der Waals surface area (Å²) in [5.74, 6) is 0. The highest BCUT2D eigenvalue weighted by atomic mass is 32.2. The van der Waals surface area contributed by atoms with E-state index < -0.39 is 10.0 Å². The van der Waals surface area contributed by atoms with E-state index >= 15 is 0 Å². The summed E-state index contributed by atoms with van der Waals surface area (Å²) in [7, 11) is -3.47. The number of sulfonamides is 1. The summed E-state index contributed by atoms with van der Waals surface area (Å²) >= 11 is 0. The Balaban J connectivity index is 1.57. The topological polar surface area (TPSA) is 81.3 Å². The van der Waals surface area contributed by atoms with Crippen molar-refractivity contribution in [3.05, 3.63) is 24.5 Å². The van der Waals surface area contributed by atoms with Crippen molar-refractivity contribution in [1.82, 2.24) is 24.5 Å². The third-order valence-corrected chi connectivity index (χ3v) is 6.73. The molecule has 2 aliphatic heterocycles. The summed E-state index contributed by atoms with van der Waals surface area (Å²) < 4.78 is 27.6. The fourth-order valence-corrected chi connectivity index (χ4v) is 5.20. The first-order valence-electron chi connectivity index (χ1n) is 8.03. The number of fused-ring (bicyclic) bond motifs is 1. The second-order valence-electron chi connectivity index (χ2n) is 6.14. The van der Waals surface area contributed by atoms with Gasteiger partial charge in [-0.25, -0.2) is 13.4 Å². The summed E-state index contributed by atoms with van der Waals surface area (Å²) in [5.41, 5.74) is 0.615. The standard InChI is InChI=1S/C15H21N5O2S/c21-23(22,14-10-18-15-13(14)2-1-4-17-15)20-7-3-12(11-20)19-8-5-16-6-9-19/h1-2,4,10,12,16H,3,5-9,11H2,(H,17,18). The minimum atomic E-state index is -3.47. The maximum Gasteiger partial charge on any atom is 0.245 e. The van der Waals surface area contributed by atoms with Crippen LogP contribution in [-0.4, -0.2) is 72.9 Å². The molecular weight excluding hydrogens is 314 g/mol. The van der Waals surface area contributed by atoms with E-state index in [0.717, 1.165) is 32.6 Å². The maximum atomic E-state index is 13.0. The van der Waals surface area contributed by atoms with Crippen molar-refractivity contribution in [2.45, 2.75) is 17.4 Å². The number of pyridine rings is 1. The molecule has 1 unspecified atom stereocenters. The van der Waals surface area contributed by atoms with Crippen LogP contribution in [0.2, 0.25) is 0 Å². The predicted molar refractivity (Wildman–Crippen MR) is 87.7 cm³/mol. The highest BCUT2D eigenvalue weighted by Crippen LogP contribution is 2.28. The highest BCUT2D eigenvalue weighted by molar-refractivity contribution is 7.89. The Morgan fingerprint density at radius 3 is 2.87 bits per heavy atom. The van der Waals surface area contributed by atoms with Crippen LogP contribution >= 0.6 is 0 Å². The van der Waals surface area contributed by atoms with Crippen molar-refractivity contribution in [3.8, 4) is 0 Å². The lowest BCUT2D eigenvalue weighted by Gasteiger charge is -2.32. The van der Waals surface area contributed by atoms with E-state index in [-0.39, 0.29) is 0 Å². The third-order valence-electron chi connectivity index (χ3n) is 4.83. The fraction of sp³-hybridized carbons (Fsp3) is 0.533. The van der Waals surface area contributed by atoms with Crippen molar-refractivity contribution in [3.63, 3.8) is 0 Å². The molecular formula is C15H21N5O2S. The number of aromatic nitrogens is 2. The molecule has 0 spiro atoms. The lowest BCUT2D eigenvalue weighted by Crippen LogP contribution is -2.49. The van der Waals surface area contributed by atoms with Crippen molar-refractivity contribution in [1.29, 1.82) is 0 Å². The summed E-state index contributed by atoms with van der Waals surface area (Å²) in [6.07, 6.45) is 4.12. The van der Waals surface area contributed by atoms with Crippen LogP contribution in [0.25, 0.3) is 11.0 Å². The molecule has 2 aromatic rings. The molecule has 2 fully saturated rings. The van der Waals surface area contributed by atoms with Gasteiger partial charge in [0.25, 0.3) is 0 Å². The molecule has 2 aliphatic rings. The first-order chi connectivity index (χ1) is 11.2. The van der Waals surface area contributed by atoms with Crippen LogP contribution in [0.5, 0.6) is 0 Å². The highest BCUT2D eigenvalue weighted by Gasteiger charge is 2.36. The number of hydrogen-bond donors (Lipinski definition) is 2. The molecule has 0 amide bonds. The molecule has 0 aliphatic carbocycles. The molecule has 0 saturated carbocycles. The number of aromatic amines is 1. The molecule has 2 aromatic heterocycles. The van der Waals surface area contributed by atoms with E-state index in [0.29, 0.717) is 35.1 Å². The lowest BCUT2D eigenvalue weighted by atomic mass is 10.2. The Morgan fingerprint density at radius 2 is 2.04 bits per heavy atom. The van der Waals surface area contributed by atoms with Gasteiger partial charge in [0.1, 0.15) is 10.5 Å². The molecule has 1 atom stereocenters. The molecule has 8 heteroatoms. The van der Waals surface area contributed by atoms with Gasteiger partial charge in [-0.15, -0.1) is 0 Å². The fourth-order valence-electron chi connectivity index (χ4n) is 3.56. The van der Waals surface area contributed by atoms with E-state index in [2.05, 4.69) is 20.2 Å². The molecule has 0 bridgehead atoms. The van der Waals surface area contributed by atoms with Crippen LogP contribution in [0.1, 0.15) is 6.42 Å². The number of piperazine rings is 1. The number of nitrogens with one attached hydrogen (secondary N) is 2. The van der Waals surface area contributed by atoms with Crippen LogP contribution in [0.4, 0.5) is 0 Å². The van der Waals surface area contributed by atoms with Crippen LogP contribution < -0.4 is 5.32 Å². The molecule has 7 nitrogen and oxygen atoms in total. The van der Waals surface area contributed by atoms with Crippen LogP contribution in [-0.2, 0) is 10.0 Å². The number of hydrogen-bond acceptors (Lipinski definition) is 5. The van der Waals surface area contributed by atoms with Gasteiger partial charge < -0.3 is 10.3 Å². The zero-order valence-electron chi connectivity index (χ0n) is 12.9. The zero-order valence-corrected chi connectivity index (χ0v) is 13.7. The molecule has 2 saturated heterocycles. The minimum absolute atomic E-state index is 0.329. The second-order valence-corrected chi connectivity index (χ2v) is 8.05. The van der Waals surface area contributed by atoms with Gasteiger partial charge in [0.05, 0.1) is 0 Å². The summed E-state index contributed by atoms with van der Waals surface area (Å²) in [5, 5.41) is 4.00. The monoisotopic (exact) mass is 335 g/mol. The van der Waals surface area contributed by atoms with Crippen molar-refractivity contribution >= 4 is 21.1 Å². The Bertz CT molecular complexity index is 797. The Kier molecular flexibility index (Phi) is 3.84. The zero-order chi connectivity index (χ0) is 15.9.